The molecule has 3 heterocycles. The number of halogens is 2. The van der Waals surface area contributed by atoms with Crippen molar-refractivity contribution in [2.75, 3.05) is 31.1 Å². The van der Waals surface area contributed by atoms with Gasteiger partial charge in [0.15, 0.2) is 0 Å². The van der Waals surface area contributed by atoms with E-state index in [0.29, 0.717) is 29.6 Å². The first-order chi connectivity index (χ1) is 14.8. The number of benzene rings is 1. The molecular weight excluding hydrogens is 433 g/mol. The molecule has 0 radical (unpaired) electrons. The van der Waals surface area contributed by atoms with Crippen molar-refractivity contribution in [3.63, 3.8) is 0 Å². The molecule has 0 unspecified atom stereocenters. The minimum Gasteiger partial charge on any atom is -0.353 e. The van der Waals surface area contributed by atoms with Crippen LogP contribution in [0.5, 0.6) is 0 Å². The van der Waals surface area contributed by atoms with Crippen LogP contribution >= 0.6 is 23.2 Å². The van der Waals surface area contributed by atoms with Gasteiger partial charge in [-0.05, 0) is 50.6 Å². The topological polar surface area (TPSA) is 54.3 Å². The van der Waals surface area contributed by atoms with Crippen molar-refractivity contribution < 1.29 is 4.79 Å². The zero-order valence-corrected chi connectivity index (χ0v) is 19.4. The summed E-state index contributed by atoms with van der Waals surface area (Å²) in [5.41, 5.74) is 4.74. The molecule has 0 aliphatic carbocycles. The second-order valence-corrected chi connectivity index (χ2v) is 8.72. The molecule has 0 atom stereocenters. The summed E-state index contributed by atoms with van der Waals surface area (Å²) in [5, 5.41) is 5.99. The molecule has 3 aromatic rings. The van der Waals surface area contributed by atoms with Crippen molar-refractivity contribution in [3.8, 4) is 5.69 Å². The summed E-state index contributed by atoms with van der Waals surface area (Å²) in [5.74, 6) is 1.01. The molecule has 2 aromatic heterocycles. The molecule has 0 bridgehead atoms. The van der Waals surface area contributed by atoms with E-state index in [1.54, 1.807) is 6.20 Å². The predicted octanol–water partition coefficient (Wildman–Crippen LogP) is 4.39. The Kier molecular flexibility index (Phi) is 6.21. The van der Waals surface area contributed by atoms with E-state index in [-0.39, 0.29) is 5.91 Å². The summed E-state index contributed by atoms with van der Waals surface area (Å²) in [6.07, 6.45) is 2.00. The number of nitrogens with zero attached hydrogens (tertiary/aromatic N) is 5. The fourth-order valence-corrected chi connectivity index (χ4v) is 4.19. The van der Waals surface area contributed by atoms with Crippen LogP contribution in [-0.2, 0) is 11.2 Å². The normalized spacial score (nSPS) is 14.2. The summed E-state index contributed by atoms with van der Waals surface area (Å²) in [7, 11) is 0. The number of hydrogen-bond acceptors (Lipinski definition) is 4. The number of aromatic nitrogens is 3. The Morgan fingerprint density at radius 3 is 2.42 bits per heavy atom. The summed E-state index contributed by atoms with van der Waals surface area (Å²) in [4.78, 5) is 21.5. The van der Waals surface area contributed by atoms with Gasteiger partial charge in [0.25, 0.3) is 0 Å². The molecular formula is C23H25Cl2N5O. The predicted molar refractivity (Wildman–Crippen MR) is 125 cm³/mol. The van der Waals surface area contributed by atoms with Gasteiger partial charge >= 0.3 is 0 Å². The van der Waals surface area contributed by atoms with E-state index in [1.807, 2.05) is 60.7 Å². The second-order valence-electron chi connectivity index (χ2n) is 7.87. The third kappa shape index (κ3) is 4.55. The third-order valence-corrected chi connectivity index (χ3v) is 6.47. The maximum atomic E-state index is 13.0. The Balaban J connectivity index is 1.44. The van der Waals surface area contributed by atoms with Crippen molar-refractivity contribution in [1.82, 2.24) is 19.7 Å². The van der Waals surface area contributed by atoms with E-state index in [2.05, 4.69) is 15.0 Å². The van der Waals surface area contributed by atoms with E-state index >= 15 is 0 Å². The number of carbonyl (C=O) groups excluding carboxylic acids is 1. The van der Waals surface area contributed by atoms with Crippen LogP contribution in [0.15, 0.2) is 36.5 Å². The maximum absolute atomic E-state index is 13.0. The number of pyridine rings is 1. The Labute approximate surface area is 192 Å². The number of rotatable bonds is 4. The minimum absolute atomic E-state index is 0.122. The number of carbonyl (C=O) groups is 1. The molecule has 1 amide bonds. The van der Waals surface area contributed by atoms with E-state index in [0.717, 1.165) is 47.1 Å². The smallest absolute Gasteiger partial charge is 0.227 e. The minimum atomic E-state index is 0.122. The fourth-order valence-electron chi connectivity index (χ4n) is 3.90. The number of hydrogen-bond donors (Lipinski definition) is 0. The molecule has 1 fully saturated rings. The first-order valence-electron chi connectivity index (χ1n) is 10.3. The molecule has 1 aliphatic rings. The van der Waals surface area contributed by atoms with Crippen molar-refractivity contribution >= 4 is 34.9 Å². The van der Waals surface area contributed by atoms with Gasteiger partial charge < -0.3 is 9.80 Å². The first-order valence-corrected chi connectivity index (χ1v) is 11.0. The van der Waals surface area contributed by atoms with Crippen LogP contribution in [0.1, 0.15) is 22.5 Å². The standard InChI is InChI=1S/C23H25Cl2N5O/c1-15-4-6-19(12-21(15)25)30-17(3)20(16(2)27-30)13-23(31)29-10-8-28(9-11-29)22-7-5-18(24)14-26-22/h4-7,12,14H,8-11,13H2,1-3H3. The van der Waals surface area contributed by atoms with Gasteiger partial charge in [0, 0.05) is 48.7 Å². The Hall–Kier alpha value is -2.57. The fraction of sp³-hybridized carbons (Fsp3) is 0.348. The van der Waals surface area contributed by atoms with Crippen LogP contribution in [0.2, 0.25) is 10.0 Å². The number of anilines is 1. The number of amides is 1. The largest absolute Gasteiger partial charge is 0.353 e. The van der Waals surface area contributed by atoms with Crippen molar-refractivity contribution in [2.24, 2.45) is 0 Å². The lowest BCUT2D eigenvalue weighted by Crippen LogP contribution is -2.49. The van der Waals surface area contributed by atoms with Gasteiger partial charge in [-0.2, -0.15) is 5.10 Å². The van der Waals surface area contributed by atoms with Crippen LogP contribution in [0.4, 0.5) is 5.82 Å². The Bertz CT molecular complexity index is 1100. The molecule has 6 nitrogen and oxygen atoms in total. The van der Waals surface area contributed by atoms with Gasteiger partial charge in [-0.15, -0.1) is 0 Å². The molecule has 0 N–H and O–H groups in total. The first kappa shape index (κ1) is 21.7. The van der Waals surface area contributed by atoms with E-state index < -0.39 is 0 Å². The van der Waals surface area contributed by atoms with Crippen molar-refractivity contribution in [2.45, 2.75) is 27.2 Å². The summed E-state index contributed by atoms with van der Waals surface area (Å²) in [6, 6.07) is 9.64. The highest BCUT2D eigenvalue weighted by molar-refractivity contribution is 6.31. The monoisotopic (exact) mass is 457 g/mol. The summed E-state index contributed by atoms with van der Waals surface area (Å²) < 4.78 is 1.87. The number of aryl methyl sites for hydroxylation is 2. The average Bonchev–Trinajstić information content (AvgIpc) is 3.04. The molecule has 1 aliphatic heterocycles. The third-order valence-electron chi connectivity index (χ3n) is 5.84. The maximum Gasteiger partial charge on any atom is 0.227 e. The van der Waals surface area contributed by atoms with Crippen LogP contribution in [0.25, 0.3) is 5.69 Å². The van der Waals surface area contributed by atoms with Crippen molar-refractivity contribution in [1.29, 1.82) is 0 Å². The highest BCUT2D eigenvalue weighted by atomic mass is 35.5. The van der Waals surface area contributed by atoms with Gasteiger partial charge in [-0.1, -0.05) is 29.3 Å². The zero-order valence-electron chi connectivity index (χ0n) is 17.9. The number of piperazine rings is 1. The lowest BCUT2D eigenvalue weighted by atomic mass is 10.1. The SMILES string of the molecule is Cc1ccc(-n2nc(C)c(CC(=O)N3CCN(c4ccc(Cl)cn4)CC3)c2C)cc1Cl. The highest BCUT2D eigenvalue weighted by Crippen LogP contribution is 2.24. The molecule has 0 spiro atoms. The Morgan fingerprint density at radius 1 is 1.03 bits per heavy atom. The lowest BCUT2D eigenvalue weighted by molar-refractivity contribution is -0.130. The van der Waals surface area contributed by atoms with Gasteiger partial charge in [0.1, 0.15) is 5.82 Å². The molecule has 8 heteroatoms. The molecule has 31 heavy (non-hydrogen) atoms. The van der Waals surface area contributed by atoms with E-state index in [9.17, 15) is 4.79 Å². The quantitative estimate of drug-likeness (QED) is 0.582. The highest BCUT2D eigenvalue weighted by Gasteiger charge is 2.24. The van der Waals surface area contributed by atoms with Gasteiger partial charge in [0.05, 0.1) is 22.8 Å². The van der Waals surface area contributed by atoms with E-state index in [4.69, 9.17) is 23.2 Å². The molecule has 162 valence electrons. The Morgan fingerprint density at radius 2 is 1.77 bits per heavy atom. The van der Waals surface area contributed by atoms with Gasteiger partial charge in [0.2, 0.25) is 5.91 Å². The molecule has 4 rings (SSSR count). The zero-order chi connectivity index (χ0) is 22.1. The van der Waals surface area contributed by atoms with Crippen LogP contribution in [0, 0.1) is 20.8 Å². The second kappa shape index (κ2) is 8.89. The molecule has 0 saturated carbocycles. The van der Waals surface area contributed by atoms with Gasteiger partial charge in [-0.3, -0.25) is 4.79 Å². The molecule has 1 aromatic carbocycles. The van der Waals surface area contributed by atoms with Crippen LogP contribution in [0.3, 0.4) is 0 Å². The van der Waals surface area contributed by atoms with Crippen molar-refractivity contribution in [3.05, 3.63) is 69.1 Å². The lowest BCUT2D eigenvalue weighted by Gasteiger charge is -2.35. The molecule has 1 saturated heterocycles. The summed E-state index contributed by atoms with van der Waals surface area (Å²) >= 11 is 12.2. The van der Waals surface area contributed by atoms with Gasteiger partial charge in [-0.25, -0.2) is 9.67 Å². The average molecular weight is 458 g/mol. The summed E-state index contributed by atoms with van der Waals surface area (Å²) in [6.45, 7) is 8.76. The van der Waals surface area contributed by atoms with Crippen LogP contribution < -0.4 is 4.90 Å². The van der Waals surface area contributed by atoms with Crippen LogP contribution in [-0.4, -0.2) is 51.8 Å². The van der Waals surface area contributed by atoms with E-state index in [1.165, 1.54) is 0 Å².